The van der Waals surface area contributed by atoms with E-state index in [0.29, 0.717) is 5.82 Å². The zero-order valence-electron chi connectivity index (χ0n) is 9.66. The maximum absolute atomic E-state index is 11.1. The van der Waals surface area contributed by atoms with E-state index in [1.165, 1.54) is 6.92 Å². The largest absolute Gasteiger partial charge is 0.311 e. The summed E-state index contributed by atoms with van der Waals surface area (Å²) in [6.07, 6.45) is 0. The standard InChI is InChI=1S/C13H14N2O/c1-8-11-6-4-5-7-12(11)9(2)14-13(8)15-10(3)16/h4-7H,1-3H3,(H,14,15,16). The molecule has 1 aromatic heterocycles. The van der Waals surface area contributed by atoms with Crippen molar-refractivity contribution >= 4 is 22.5 Å². The average molecular weight is 214 g/mol. The molecule has 0 aliphatic heterocycles. The SMILES string of the molecule is CC(=O)Nc1nc(C)c2ccccc2c1C. The number of nitrogens with zero attached hydrogens (tertiary/aromatic N) is 1. The highest BCUT2D eigenvalue weighted by atomic mass is 16.1. The Labute approximate surface area is 94.5 Å². The molecular weight excluding hydrogens is 200 g/mol. The van der Waals surface area contributed by atoms with Crippen LogP contribution in [0.5, 0.6) is 0 Å². The molecule has 2 aromatic rings. The van der Waals surface area contributed by atoms with E-state index < -0.39 is 0 Å². The third-order valence-corrected chi connectivity index (χ3v) is 2.65. The highest BCUT2D eigenvalue weighted by molar-refractivity contribution is 5.95. The molecule has 0 atom stereocenters. The minimum atomic E-state index is -0.0923. The molecule has 3 heteroatoms. The van der Waals surface area contributed by atoms with Gasteiger partial charge < -0.3 is 5.32 Å². The van der Waals surface area contributed by atoms with Crippen molar-refractivity contribution in [1.29, 1.82) is 0 Å². The predicted molar refractivity (Wildman–Crippen MR) is 65.5 cm³/mol. The normalized spacial score (nSPS) is 10.4. The second-order valence-electron chi connectivity index (χ2n) is 3.90. The Morgan fingerprint density at radius 2 is 1.81 bits per heavy atom. The number of benzene rings is 1. The van der Waals surface area contributed by atoms with Gasteiger partial charge >= 0.3 is 0 Å². The van der Waals surface area contributed by atoms with Crippen molar-refractivity contribution < 1.29 is 4.79 Å². The van der Waals surface area contributed by atoms with Crippen molar-refractivity contribution in [2.75, 3.05) is 5.32 Å². The average Bonchev–Trinajstić information content (AvgIpc) is 2.25. The number of amides is 1. The minimum Gasteiger partial charge on any atom is -0.311 e. The van der Waals surface area contributed by atoms with Crippen LogP contribution in [0.25, 0.3) is 10.8 Å². The maximum Gasteiger partial charge on any atom is 0.222 e. The van der Waals surface area contributed by atoms with Gasteiger partial charge in [0.15, 0.2) is 0 Å². The summed E-state index contributed by atoms with van der Waals surface area (Å²) in [6, 6.07) is 8.08. The van der Waals surface area contributed by atoms with Crippen molar-refractivity contribution in [2.24, 2.45) is 0 Å². The number of aryl methyl sites for hydroxylation is 2. The van der Waals surface area contributed by atoms with Gasteiger partial charge in [0.05, 0.1) is 0 Å². The number of rotatable bonds is 1. The van der Waals surface area contributed by atoms with Crippen molar-refractivity contribution in [3.05, 3.63) is 35.5 Å². The zero-order valence-corrected chi connectivity index (χ0v) is 9.66. The van der Waals surface area contributed by atoms with Crippen molar-refractivity contribution in [3.63, 3.8) is 0 Å². The summed E-state index contributed by atoms with van der Waals surface area (Å²) in [5.41, 5.74) is 1.95. The first-order chi connectivity index (χ1) is 7.59. The first-order valence-corrected chi connectivity index (χ1v) is 5.23. The second kappa shape index (κ2) is 3.93. The van der Waals surface area contributed by atoms with Gasteiger partial charge in [0.2, 0.25) is 5.91 Å². The third kappa shape index (κ3) is 1.76. The van der Waals surface area contributed by atoms with Crippen LogP contribution < -0.4 is 5.32 Å². The van der Waals surface area contributed by atoms with Gasteiger partial charge in [-0.05, 0) is 24.8 Å². The van der Waals surface area contributed by atoms with E-state index in [0.717, 1.165) is 22.0 Å². The number of hydrogen-bond acceptors (Lipinski definition) is 2. The molecule has 1 heterocycles. The lowest BCUT2D eigenvalue weighted by atomic mass is 10.1. The van der Waals surface area contributed by atoms with E-state index in [1.807, 2.05) is 38.1 Å². The smallest absolute Gasteiger partial charge is 0.222 e. The fourth-order valence-corrected chi connectivity index (χ4v) is 1.85. The Morgan fingerprint density at radius 3 is 2.44 bits per heavy atom. The summed E-state index contributed by atoms with van der Waals surface area (Å²) >= 11 is 0. The Balaban J connectivity index is 2.70. The summed E-state index contributed by atoms with van der Waals surface area (Å²) in [7, 11) is 0. The van der Waals surface area contributed by atoms with Gasteiger partial charge in [0, 0.05) is 18.0 Å². The van der Waals surface area contributed by atoms with Crippen LogP contribution in [0.4, 0.5) is 5.82 Å². The van der Waals surface area contributed by atoms with E-state index >= 15 is 0 Å². The van der Waals surface area contributed by atoms with Crippen LogP contribution in [-0.2, 0) is 4.79 Å². The summed E-state index contributed by atoms with van der Waals surface area (Å²) in [4.78, 5) is 15.5. The fraction of sp³-hybridized carbons (Fsp3) is 0.231. The van der Waals surface area contributed by atoms with E-state index in [4.69, 9.17) is 0 Å². The monoisotopic (exact) mass is 214 g/mol. The lowest BCUT2D eigenvalue weighted by molar-refractivity contribution is -0.114. The van der Waals surface area contributed by atoms with Crippen LogP contribution in [0.2, 0.25) is 0 Å². The molecule has 0 bridgehead atoms. The minimum absolute atomic E-state index is 0.0923. The summed E-state index contributed by atoms with van der Waals surface area (Å²) in [6.45, 7) is 5.42. The molecule has 0 radical (unpaired) electrons. The van der Waals surface area contributed by atoms with Crippen molar-refractivity contribution in [2.45, 2.75) is 20.8 Å². The van der Waals surface area contributed by atoms with Crippen molar-refractivity contribution in [1.82, 2.24) is 4.98 Å². The Kier molecular flexibility index (Phi) is 2.60. The van der Waals surface area contributed by atoms with Crippen LogP contribution in [-0.4, -0.2) is 10.9 Å². The number of aromatic nitrogens is 1. The molecule has 0 aliphatic carbocycles. The highest BCUT2D eigenvalue weighted by Gasteiger charge is 2.08. The van der Waals surface area contributed by atoms with E-state index in [1.54, 1.807) is 0 Å². The second-order valence-corrected chi connectivity index (χ2v) is 3.90. The highest BCUT2D eigenvalue weighted by Crippen LogP contribution is 2.25. The number of hydrogen-bond donors (Lipinski definition) is 1. The molecule has 0 saturated carbocycles. The van der Waals surface area contributed by atoms with Gasteiger partial charge in [-0.1, -0.05) is 24.3 Å². The van der Waals surface area contributed by atoms with Gasteiger partial charge in [-0.3, -0.25) is 4.79 Å². The van der Waals surface area contributed by atoms with Crippen LogP contribution in [0.1, 0.15) is 18.2 Å². The molecule has 82 valence electrons. The van der Waals surface area contributed by atoms with Crippen LogP contribution in [0.15, 0.2) is 24.3 Å². The quantitative estimate of drug-likeness (QED) is 0.793. The fourth-order valence-electron chi connectivity index (χ4n) is 1.85. The lowest BCUT2D eigenvalue weighted by Crippen LogP contribution is -2.09. The van der Waals surface area contributed by atoms with E-state index in [9.17, 15) is 4.79 Å². The molecule has 1 aromatic carbocycles. The molecule has 2 rings (SSSR count). The van der Waals surface area contributed by atoms with Crippen molar-refractivity contribution in [3.8, 4) is 0 Å². The topological polar surface area (TPSA) is 42.0 Å². The molecule has 0 saturated heterocycles. The third-order valence-electron chi connectivity index (χ3n) is 2.65. The Morgan fingerprint density at radius 1 is 1.19 bits per heavy atom. The Bertz CT molecular complexity index is 561. The number of carbonyl (C=O) groups is 1. The molecule has 0 aliphatic rings. The number of fused-ring (bicyclic) bond motifs is 1. The van der Waals surface area contributed by atoms with Gasteiger partial charge in [-0.25, -0.2) is 4.98 Å². The van der Waals surface area contributed by atoms with Crippen LogP contribution >= 0.6 is 0 Å². The molecular formula is C13H14N2O. The molecule has 3 nitrogen and oxygen atoms in total. The number of nitrogens with one attached hydrogen (secondary N) is 1. The van der Waals surface area contributed by atoms with Crippen LogP contribution in [0.3, 0.4) is 0 Å². The molecule has 1 amide bonds. The zero-order chi connectivity index (χ0) is 11.7. The predicted octanol–water partition coefficient (Wildman–Crippen LogP) is 2.81. The van der Waals surface area contributed by atoms with Gasteiger partial charge in [-0.2, -0.15) is 0 Å². The summed E-state index contributed by atoms with van der Waals surface area (Å²) < 4.78 is 0. The molecule has 16 heavy (non-hydrogen) atoms. The lowest BCUT2D eigenvalue weighted by Gasteiger charge is -2.10. The maximum atomic E-state index is 11.1. The first-order valence-electron chi connectivity index (χ1n) is 5.23. The first kappa shape index (κ1) is 10.6. The van der Waals surface area contributed by atoms with Gasteiger partial charge in [0.25, 0.3) is 0 Å². The number of anilines is 1. The van der Waals surface area contributed by atoms with Gasteiger partial charge in [-0.15, -0.1) is 0 Å². The molecule has 0 spiro atoms. The number of carbonyl (C=O) groups excluding carboxylic acids is 1. The number of pyridine rings is 1. The van der Waals surface area contributed by atoms with E-state index in [-0.39, 0.29) is 5.91 Å². The molecule has 0 unspecified atom stereocenters. The molecule has 0 fully saturated rings. The van der Waals surface area contributed by atoms with Crippen LogP contribution in [0, 0.1) is 13.8 Å². The summed E-state index contributed by atoms with van der Waals surface area (Å²) in [5.74, 6) is 0.564. The summed E-state index contributed by atoms with van der Waals surface area (Å²) in [5, 5.41) is 5.03. The Hall–Kier alpha value is -1.90. The molecule has 1 N–H and O–H groups in total. The van der Waals surface area contributed by atoms with E-state index in [2.05, 4.69) is 10.3 Å². The van der Waals surface area contributed by atoms with Gasteiger partial charge in [0.1, 0.15) is 5.82 Å².